The van der Waals surface area contributed by atoms with Crippen LogP contribution in [0.1, 0.15) is 17.7 Å². The first-order valence-electron chi connectivity index (χ1n) is 14.1. The van der Waals surface area contributed by atoms with Crippen LogP contribution < -0.4 is 20.4 Å². The number of urea groups is 1. The van der Waals surface area contributed by atoms with Gasteiger partial charge in [0.1, 0.15) is 18.4 Å². The van der Waals surface area contributed by atoms with Crippen molar-refractivity contribution in [2.75, 3.05) is 37.7 Å². The summed E-state index contributed by atoms with van der Waals surface area (Å²) in [5.74, 6) is -5.09. The van der Waals surface area contributed by atoms with E-state index in [0.717, 1.165) is 22.2 Å². The molecule has 2 aromatic carbocycles. The van der Waals surface area contributed by atoms with Gasteiger partial charge in [-0.1, -0.05) is 18.2 Å². The zero-order valence-electron chi connectivity index (χ0n) is 24.1. The van der Waals surface area contributed by atoms with E-state index in [1.807, 2.05) is 37.3 Å². The molecule has 2 N–H and O–H groups in total. The number of carbonyl (C=O) groups is 4. The molecule has 2 atom stereocenters. The number of nitrogens with one attached hydrogen (secondary N) is 2. The Kier molecular flexibility index (Phi) is 9.37. The van der Waals surface area contributed by atoms with Crippen molar-refractivity contribution in [3.8, 4) is 5.75 Å². The summed E-state index contributed by atoms with van der Waals surface area (Å²) in [6.07, 6.45) is -5.28. The highest BCUT2D eigenvalue weighted by Gasteiger charge is 2.45. The lowest BCUT2D eigenvalue weighted by molar-refractivity contribution is -0.207. The molecule has 3 aromatic rings. The van der Waals surface area contributed by atoms with Gasteiger partial charge in [-0.25, -0.2) is 9.59 Å². The van der Waals surface area contributed by atoms with Crippen molar-refractivity contribution in [2.24, 2.45) is 5.92 Å². The van der Waals surface area contributed by atoms with Gasteiger partial charge < -0.3 is 29.4 Å². The monoisotopic (exact) mass is 629 g/mol. The Hall–Kier alpha value is -4.92. The minimum absolute atomic E-state index is 0.0836. The average molecular weight is 630 g/mol. The number of benzene rings is 2. The Labute approximate surface area is 255 Å². The summed E-state index contributed by atoms with van der Waals surface area (Å²) < 4.78 is 49.0. The molecule has 3 heterocycles. The molecular weight excluding hydrogens is 599 g/mol. The summed E-state index contributed by atoms with van der Waals surface area (Å²) in [7, 11) is 0. The first-order valence-corrected chi connectivity index (χ1v) is 14.1. The van der Waals surface area contributed by atoms with E-state index in [2.05, 4.69) is 15.1 Å². The van der Waals surface area contributed by atoms with Gasteiger partial charge in [0, 0.05) is 42.0 Å². The second-order valence-electron chi connectivity index (χ2n) is 10.5. The maximum atomic E-state index is 13.5. The SMILES string of the molecule is Cc1cc(COc2ccc(N3CC[C@H]([C@H](NC(=O)N4CCOCC4)C(=O)NOC(=O)C(F)(F)F)C3=O)cc2)c2ccccc2n1. The van der Waals surface area contributed by atoms with Crippen molar-refractivity contribution < 1.29 is 46.7 Å². The van der Waals surface area contributed by atoms with Crippen LogP contribution in [0.4, 0.5) is 23.7 Å². The van der Waals surface area contributed by atoms with Crippen LogP contribution >= 0.6 is 0 Å². The van der Waals surface area contributed by atoms with E-state index in [4.69, 9.17) is 9.47 Å². The number of anilines is 1. The molecule has 4 amide bonds. The van der Waals surface area contributed by atoms with Gasteiger partial charge in [0.15, 0.2) is 0 Å². The van der Waals surface area contributed by atoms with Crippen molar-refractivity contribution in [3.63, 3.8) is 0 Å². The number of hydrogen-bond acceptors (Lipinski definition) is 8. The number of fused-ring (bicyclic) bond motifs is 1. The molecule has 2 aliphatic rings. The topological polar surface area (TPSA) is 139 Å². The van der Waals surface area contributed by atoms with Crippen LogP contribution in [0.5, 0.6) is 5.75 Å². The van der Waals surface area contributed by atoms with Gasteiger partial charge in [-0.2, -0.15) is 18.7 Å². The second-order valence-corrected chi connectivity index (χ2v) is 10.5. The highest BCUT2D eigenvalue weighted by Crippen LogP contribution is 2.30. The predicted octanol–water partition coefficient (Wildman–Crippen LogP) is 3.02. The number of aryl methyl sites for hydroxylation is 1. The van der Waals surface area contributed by atoms with Crippen LogP contribution in [-0.2, 0) is 30.6 Å². The van der Waals surface area contributed by atoms with Crippen molar-refractivity contribution in [1.82, 2.24) is 20.7 Å². The minimum atomic E-state index is -5.36. The lowest BCUT2D eigenvalue weighted by atomic mass is 9.97. The fourth-order valence-electron chi connectivity index (χ4n) is 5.22. The number of hydrogen-bond donors (Lipinski definition) is 2. The van der Waals surface area contributed by atoms with Crippen molar-refractivity contribution in [2.45, 2.75) is 32.2 Å². The third-order valence-electron chi connectivity index (χ3n) is 7.46. The molecule has 0 radical (unpaired) electrons. The average Bonchev–Trinajstić information content (AvgIpc) is 3.41. The molecule has 0 saturated carbocycles. The maximum Gasteiger partial charge on any atom is 0.493 e. The molecule has 0 unspecified atom stereocenters. The number of carbonyl (C=O) groups excluding carboxylic acids is 4. The summed E-state index contributed by atoms with van der Waals surface area (Å²) in [5, 5.41) is 3.40. The number of pyridine rings is 1. The van der Waals surface area contributed by atoms with E-state index in [1.165, 1.54) is 15.3 Å². The van der Waals surface area contributed by atoms with E-state index < -0.39 is 42.0 Å². The Balaban J connectivity index is 1.26. The van der Waals surface area contributed by atoms with E-state index in [-0.39, 0.29) is 45.9 Å². The molecule has 2 aliphatic heterocycles. The Bertz CT molecular complexity index is 1580. The van der Waals surface area contributed by atoms with Crippen molar-refractivity contribution in [1.29, 1.82) is 0 Å². The normalized spacial score (nSPS) is 17.6. The number of ether oxygens (including phenoxy) is 2. The van der Waals surface area contributed by atoms with Gasteiger partial charge in [0.2, 0.25) is 5.91 Å². The molecule has 0 spiro atoms. The van der Waals surface area contributed by atoms with Crippen LogP contribution in [0.3, 0.4) is 0 Å². The van der Waals surface area contributed by atoms with Gasteiger partial charge in [0.25, 0.3) is 5.91 Å². The van der Waals surface area contributed by atoms with Gasteiger partial charge in [-0.15, -0.1) is 0 Å². The third kappa shape index (κ3) is 7.42. The number of rotatable bonds is 7. The van der Waals surface area contributed by atoms with Gasteiger partial charge in [-0.3, -0.25) is 14.6 Å². The minimum Gasteiger partial charge on any atom is -0.489 e. The van der Waals surface area contributed by atoms with Crippen LogP contribution in [0.15, 0.2) is 54.6 Å². The molecule has 0 aliphatic carbocycles. The zero-order valence-corrected chi connectivity index (χ0v) is 24.1. The molecule has 1 aromatic heterocycles. The molecule has 45 heavy (non-hydrogen) atoms. The number of alkyl halides is 3. The number of nitrogens with zero attached hydrogens (tertiary/aromatic N) is 3. The Morgan fingerprint density at radius 2 is 1.78 bits per heavy atom. The lowest BCUT2D eigenvalue weighted by Crippen LogP contribution is -2.57. The molecule has 2 fully saturated rings. The van der Waals surface area contributed by atoms with Crippen LogP contribution in [-0.4, -0.2) is 78.8 Å². The number of halogens is 3. The number of para-hydroxylation sites is 1. The molecule has 12 nitrogen and oxygen atoms in total. The van der Waals surface area contributed by atoms with E-state index in [1.54, 1.807) is 24.3 Å². The standard InChI is InChI=1S/C30H30F3N5O7/c1-18-16-19(22-4-2-3-5-24(22)34-18)17-44-21-8-6-20(7-9-21)38-11-10-23(27(38)40)25(26(39)36-45-28(41)30(31,32)33)35-29(42)37-12-14-43-15-13-37/h2-9,16,23,25H,10-15,17H2,1H3,(H,35,42)(H,36,39)/t23-,25+/m1/s1. The molecule has 5 rings (SSSR count). The second kappa shape index (κ2) is 13.4. The van der Waals surface area contributed by atoms with Crippen molar-refractivity contribution in [3.05, 3.63) is 65.9 Å². The summed E-state index contributed by atoms with van der Waals surface area (Å²) in [5.41, 5.74) is 4.61. The van der Waals surface area contributed by atoms with Crippen LogP contribution in [0, 0.1) is 12.8 Å². The zero-order chi connectivity index (χ0) is 32.1. The quantitative estimate of drug-likeness (QED) is 0.381. The van der Waals surface area contributed by atoms with Gasteiger partial charge >= 0.3 is 18.2 Å². The third-order valence-corrected chi connectivity index (χ3v) is 7.46. The Morgan fingerprint density at radius 1 is 1.07 bits per heavy atom. The molecule has 2 saturated heterocycles. The number of morpholine rings is 1. The lowest BCUT2D eigenvalue weighted by Gasteiger charge is -2.30. The first-order chi connectivity index (χ1) is 21.5. The molecule has 15 heteroatoms. The number of amides is 4. The molecule has 0 bridgehead atoms. The fourth-order valence-corrected chi connectivity index (χ4v) is 5.22. The first kappa shape index (κ1) is 31.5. The van der Waals surface area contributed by atoms with Crippen LogP contribution in [0.25, 0.3) is 10.9 Å². The highest BCUT2D eigenvalue weighted by molar-refractivity contribution is 6.02. The van der Waals surface area contributed by atoms with E-state index in [9.17, 15) is 32.3 Å². The number of aromatic nitrogens is 1. The predicted molar refractivity (Wildman–Crippen MR) is 153 cm³/mol. The summed E-state index contributed by atoms with van der Waals surface area (Å²) in [4.78, 5) is 61.6. The molecular formula is C30H30F3N5O7. The maximum absolute atomic E-state index is 13.5. The van der Waals surface area contributed by atoms with Gasteiger partial charge in [-0.05, 0) is 49.7 Å². The van der Waals surface area contributed by atoms with E-state index >= 15 is 0 Å². The summed E-state index contributed by atoms with van der Waals surface area (Å²) in [6, 6.07) is 14.1. The van der Waals surface area contributed by atoms with Crippen molar-refractivity contribution >= 4 is 40.4 Å². The number of hydroxylamine groups is 1. The summed E-state index contributed by atoms with van der Waals surface area (Å²) >= 11 is 0. The van der Waals surface area contributed by atoms with E-state index in [0.29, 0.717) is 11.4 Å². The summed E-state index contributed by atoms with van der Waals surface area (Å²) in [6.45, 7) is 3.27. The van der Waals surface area contributed by atoms with Gasteiger partial charge in [0.05, 0.1) is 24.6 Å². The molecule has 238 valence electrons. The van der Waals surface area contributed by atoms with Crippen LogP contribution in [0.2, 0.25) is 0 Å². The fraction of sp³-hybridized carbons (Fsp3) is 0.367. The smallest absolute Gasteiger partial charge is 0.489 e. The Morgan fingerprint density at radius 3 is 2.49 bits per heavy atom. The highest BCUT2D eigenvalue weighted by atomic mass is 19.4. The largest absolute Gasteiger partial charge is 0.493 e.